The monoisotopic (exact) mass is 384 g/mol. The molecule has 0 aliphatic heterocycles. The first kappa shape index (κ1) is 17.0. The number of carbonyl (C=O) groups excluding carboxylic acids is 1. The fourth-order valence-corrected chi connectivity index (χ4v) is 2.33. The molecular weight excluding hydrogens is 374 g/mol. The highest BCUT2D eigenvalue weighted by atomic mass is 79.9. The fourth-order valence-electron chi connectivity index (χ4n) is 1.94. The molecule has 5 nitrogen and oxygen atoms in total. The Morgan fingerprint density at radius 2 is 2.00 bits per heavy atom. The van der Waals surface area contributed by atoms with E-state index in [-0.39, 0.29) is 17.7 Å². The van der Waals surface area contributed by atoms with Gasteiger partial charge in [0.1, 0.15) is 11.6 Å². The lowest BCUT2D eigenvalue weighted by atomic mass is 10.1. The minimum atomic E-state index is -0.837. The van der Waals surface area contributed by atoms with Crippen LogP contribution in [0.2, 0.25) is 0 Å². The number of benzene rings is 2. The summed E-state index contributed by atoms with van der Waals surface area (Å²) in [7, 11) is 0. The Hall–Kier alpha value is -2.35. The van der Waals surface area contributed by atoms with Crippen LogP contribution < -0.4 is 5.32 Å². The molecule has 0 unspecified atom stereocenters. The number of carbonyl (C=O) groups is 1. The van der Waals surface area contributed by atoms with Crippen LogP contribution in [0.3, 0.4) is 0 Å². The van der Waals surface area contributed by atoms with Gasteiger partial charge in [-0.3, -0.25) is 14.9 Å². The van der Waals surface area contributed by atoms with Gasteiger partial charge in [-0.15, -0.1) is 0 Å². The van der Waals surface area contributed by atoms with E-state index in [2.05, 4.69) is 21.2 Å². The zero-order valence-electron chi connectivity index (χ0n) is 11.9. The lowest BCUT2D eigenvalue weighted by molar-refractivity contribution is -0.385. The van der Waals surface area contributed by atoms with Gasteiger partial charge in [-0.25, -0.2) is 8.78 Å². The minimum absolute atomic E-state index is 0.0134. The largest absolute Gasteiger partial charge is 0.348 e. The number of nitro benzene ring substituents is 1. The Kier molecular flexibility index (Phi) is 5.05. The molecule has 23 heavy (non-hydrogen) atoms. The highest BCUT2D eigenvalue weighted by Gasteiger charge is 2.19. The molecule has 2 rings (SSSR count). The maximum Gasteiger partial charge on any atom is 0.276 e. The third-order valence-corrected chi connectivity index (χ3v) is 4.00. The van der Waals surface area contributed by atoms with E-state index in [1.165, 1.54) is 25.1 Å². The molecule has 0 aliphatic rings. The Balaban J connectivity index is 2.21. The zero-order chi connectivity index (χ0) is 17.1. The molecule has 0 fully saturated rings. The molecular formula is C15H11BrF2N2O3. The smallest absolute Gasteiger partial charge is 0.276 e. The Morgan fingerprint density at radius 3 is 2.65 bits per heavy atom. The van der Waals surface area contributed by atoms with Crippen LogP contribution in [0, 0.1) is 28.7 Å². The molecule has 1 N–H and O–H groups in total. The second-order valence-electron chi connectivity index (χ2n) is 4.78. The van der Waals surface area contributed by atoms with Gasteiger partial charge in [-0.1, -0.05) is 15.9 Å². The normalized spacial score (nSPS) is 10.4. The number of hydrogen-bond donors (Lipinski definition) is 1. The second kappa shape index (κ2) is 6.82. The van der Waals surface area contributed by atoms with Crippen molar-refractivity contribution in [3.8, 4) is 0 Å². The number of nitro groups is 1. The van der Waals surface area contributed by atoms with E-state index >= 15 is 0 Å². The quantitative estimate of drug-likeness (QED) is 0.642. The Labute approximate surface area is 138 Å². The molecule has 0 saturated carbocycles. The topological polar surface area (TPSA) is 72.2 Å². The molecule has 0 heterocycles. The summed E-state index contributed by atoms with van der Waals surface area (Å²) >= 11 is 3.22. The van der Waals surface area contributed by atoms with Gasteiger partial charge in [0.2, 0.25) is 0 Å². The number of halogens is 3. The summed E-state index contributed by atoms with van der Waals surface area (Å²) in [4.78, 5) is 22.2. The Morgan fingerprint density at radius 1 is 1.30 bits per heavy atom. The molecule has 0 saturated heterocycles. The van der Waals surface area contributed by atoms with Crippen molar-refractivity contribution in [3.05, 3.63) is 73.2 Å². The van der Waals surface area contributed by atoms with Crippen molar-refractivity contribution in [3.63, 3.8) is 0 Å². The molecule has 0 bridgehead atoms. The molecule has 0 aliphatic carbocycles. The van der Waals surface area contributed by atoms with Crippen LogP contribution in [-0.2, 0) is 6.54 Å². The predicted octanol–water partition coefficient (Wildman–Crippen LogP) is 3.87. The molecule has 0 spiro atoms. The van der Waals surface area contributed by atoms with E-state index in [9.17, 15) is 23.7 Å². The van der Waals surface area contributed by atoms with Crippen LogP contribution in [0.1, 0.15) is 21.5 Å². The number of rotatable bonds is 4. The van der Waals surface area contributed by atoms with Crippen LogP contribution in [0.5, 0.6) is 0 Å². The van der Waals surface area contributed by atoms with Crippen molar-refractivity contribution >= 4 is 27.5 Å². The predicted molar refractivity (Wildman–Crippen MR) is 83.1 cm³/mol. The van der Waals surface area contributed by atoms with Crippen molar-refractivity contribution in [1.29, 1.82) is 0 Å². The van der Waals surface area contributed by atoms with Crippen LogP contribution in [-0.4, -0.2) is 10.8 Å². The average molecular weight is 385 g/mol. The number of hydrogen-bond acceptors (Lipinski definition) is 3. The van der Waals surface area contributed by atoms with E-state index in [0.29, 0.717) is 10.0 Å². The summed E-state index contributed by atoms with van der Waals surface area (Å²) in [5.74, 6) is -1.99. The number of nitrogens with one attached hydrogen (secondary N) is 1. The fraction of sp³-hybridized carbons (Fsp3) is 0.133. The third-order valence-electron chi connectivity index (χ3n) is 3.22. The van der Waals surface area contributed by atoms with E-state index < -0.39 is 28.2 Å². The first-order chi connectivity index (χ1) is 10.8. The summed E-state index contributed by atoms with van der Waals surface area (Å²) in [5.41, 5.74) is -0.297. The highest BCUT2D eigenvalue weighted by molar-refractivity contribution is 9.10. The van der Waals surface area contributed by atoms with Crippen LogP contribution in [0.4, 0.5) is 14.5 Å². The van der Waals surface area contributed by atoms with Crippen molar-refractivity contribution in [2.75, 3.05) is 0 Å². The first-order valence-electron chi connectivity index (χ1n) is 6.46. The van der Waals surface area contributed by atoms with Crippen molar-refractivity contribution in [2.24, 2.45) is 0 Å². The maximum absolute atomic E-state index is 13.7. The zero-order valence-corrected chi connectivity index (χ0v) is 13.5. The van der Waals surface area contributed by atoms with E-state index in [1.807, 2.05) is 0 Å². The van der Waals surface area contributed by atoms with Gasteiger partial charge in [0.25, 0.3) is 11.6 Å². The van der Waals surface area contributed by atoms with Gasteiger partial charge < -0.3 is 5.32 Å². The van der Waals surface area contributed by atoms with Crippen LogP contribution in [0.15, 0.2) is 34.8 Å². The van der Waals surface area contributed by atoms with Gasteiger partial charge >= 0.3 is 0 Å². The summed E-state index contributed by atoms with van der Waals surface area (Å²) in [5, 5.41) is 13.3. The van der Waals surface area contributed by atoms with Gasteiger partial charge in [0, 0.05) is 22.6 Å². The molecule has 8 heteroatoms. The maximum atomic E-state index is 13.7. The number of nitrogens with zero attached hydrogens (tertiary/aromatic N) is 1. The van der Waals surface area contributed by atoms with E-state index in [1.54, 1.807) is 0 Å². The van der Waals surface area contributed by atoms with E-state index in [0.717, 1.165) is 12.1 Å². The Bertz CT molecular complexity index is 797. The van der Waals surface area contributed by atoms with Gasteiger partial charge in [-0.2, -0.15) is 0 Å². The second-order valence-corrected chi connectivity index (χ2v) is 5.63. The lowest BCUT2D eigenvalue weighted by Crippen LogP contribution is -2.23. The van der Waals surface area contributed by atoms with E-state index in [4.69, 9.17) is 0 Å². The standard InChI is InChI=1S/C15H11BrF2N2O3/c1-8-13(18)5-9(6-14(8)20(22)23)15(21)19-7-10-4-11(17)2-3-12(10)16/h2-6H,7H2,1H3,(H,19,21). The summed E-state index contributed by atoms with van der Waals surface area (Å²) in [6.07, 6.45) is 0. The van der Waals surface area contributed by atoms with Gasteiger partial charge in [0.15, 0.2) is 0 Å². The summed E-state index contributed by atoms with van der Waals surface area (Å²) in [6, 6.07) is 5.93. The molecule has 0 radical (unpaired) electrons. The average Bonchev–Trinajstić information content (AvgIpc) is 2.50. The SMILES string of the molecule is Cc1c(F)cc(C(=O)NCc2cc(F)ccc2Br)cc1[N+](=O)[O-]. The van der Waals surface area contributed by atoms with Gasteiger partial charge in [-0.05, 0) is 36.8 Å². The van der Waals surface area contributed by atoms with Crippen molar-refractivity contribution in [1.82, 2.24) is 5.32 Å². The molecule has 2 aromatic carbocycles. The molecule has 0 atom stereocenters. The summed E-state index contributed by atoms with van der Waals surface area (Å²) in [6.45, 7) is 1.25. The lowest BCUT2D eigenvalue weighted by Gasteiger charge is -2.08. The number of amides is 1. The molecule has 2 aromatic rings. The van der Waals surface area contributed by atoms with Crippen molar-refractivity contribution < 1.29 is 18.5 Å². The van der Waals surface area contributed by atoms with Gasteiger partial charge in [0.05, 0.1) is 10.5 Å². The third kappa shape index (κ3) is 3.89. The summed E-state index contributed by atoms with van der Waals surface area (Å²) < 4.78 is 27.5. The highest BCUT2D eigenvalue weighted by Crippen LogP contribution is 2.23. The first-order valence-corrected chi connectivity index (χ1v) is 7.25. The molecule has 120 valence electrons. The molecule has 1 amide bonds. The molecule has 0 aromatic heterocycles. The van der Waals surface area contributed by atoms with Crippen LogP contribution >= 0.6 is 15.9 Å². The minimum Gasteiger partial charge on any atom is -0.348 e. The van der Waals surface area contributed by atoms with Crippen molar-refractivity contribution in [2.45, 2.75) is 13.5 Å². The van der Waals surface area contributed by atoms with Crippen LogP contribution in [0.25, 0.3) is 0 Å².